The maximum absolute atomic E-state index is 12.8. The van der Waals surface area contributed by atoms with Crippen molar-refractivity contribution in [1.29, 1.82) is 0 Å². The van der Waals surface area contributed by atoms with Gasteiger partial charge in [-0.05, 0) is 100 Å². The number of hydrogen-bond acceptors (Lipinski definition) is 4. The van der Waals surface area contributed by atoms with Crippen molar-refractivity contribution in [3.05, 3.63) is 75.1 Å². The number of nitrogens with zero attached hydrogens (tertiary/aromatic N) is 3. The van der Waals surface area contributed by atoms with E-state index in [1.165, 1.54) is 21.4 Å². The highest BCUT2D eigenvalue weighted by atomic mass is 16.5. The van der Waals surface area contributed by atoms with E-state index in [9.17, 15) is 4.79 Å². The quantitative estimate of drug-likeness (QED) is 0.647. The molecule has 30 heavy (non-hydrogen) atoms. The Balaban J connectivity index is 1.68. The van der Waals surface area contributed by atoms with Gasteiger partial charge in [-0.25, -0.2) is 0 Å². The summed E-state index contributed by atoms with van der Waals surface area (Å²) in [6.45, 7) is 7.15. The minimum atomic E-state index is -0.101. The van der Waals surface area contributed by atoms with Crippen molar-refractivity contribution in [2.45, 2.75) is 39.7 Å². The highest BCUT2D eigenvalue weighted by Gasteiger charge is 2.20. The first-order chi connectivity index (χ1) is 14.3. The fourth-order valence-electron chi connectivity index (χ4n) is 4.12. The third-order valence-corrected chi connectivity index (χ3v) is 5.69. The van der Waals surface area contributed by atoms with Gasteiger partial charge in [0.1, 0.15) is 11.9 Å². The second-order valence-corrected chi connectivity index (χ2v) is 8.55. The minimum absolute atomic E-state index is 0.0821. The molecule has 0 radical (unpaired) electrons. The van der Waals surface area contributed by atoms with Gasteiger partial charge in [0.15, 0.2) is 0 Å². The van der Waals surface area contributed by atoms with Crippen LogP contribution in [0.3, 0.4) is 0 Å². The Morgan fingerprint density at radius 2 is 1.70 bits per heavy atom. The Labute approximate surface area is 177 Å². The van der Waals surface area contributed by atoms with E-state index < -0.39 is 0 Å². The molecule has 0 spiro atoms. The highest BCUT2D eigenvalue weighted by Crippen LogP contribution is 2.33. The van der Waals surface area contributed by atoms with E-state index in [2.05, 4.69) is 30.9 Å². The monoisotopic (exact) mass is 403 g/mol. The van der Waals surface area contributed by atoms with Crippen molar-refractivity contribution in [2.24, 2.45) is 0 Å². The molecule has 0 saturated carbocycles. The molecule has 1 heterocycles. The van der Waals surface area contributed by atoms with Gasteiger partial charge in [-0.1, -0.05) is 6.07 Å². The molecule has 5 nitrogen and oxygen atoms in total. The van der Waals surface area contributed by atoms with Crippen LogP contribution < -0.4 is 10.3 Å². The number of aromatic nitrogens is 2. The van der Waals surface area contributed by atoms with Crippen molar-refractivity contribution in [1.82, 2.24) is 14.7 Å². The summed E-state index contributed by atoms with van der Waals surface area (Å²) in [4.78, 5) is 14.9. The molecular formula is C25H29N3O2. The van der Waals surface area contributed by atoms with Gasteiger partial charge in [0.05, 0.1) is 11.4 Å². The van der Waals surface area contributed by atoms with Gasteiger partial charge in [-0.3, -0.25) is 4.79 Å². The lowest BCUT2D eigenvalue weighted by Gasteiger charge is -2.21. The molecule has 4 rings (SSSR count). The molecule has 0 saturated heterocycles. The van der Waals surface area contributed by atoms with Crippen LogP contribution in [0.25, 0.3) is 16.9 Å². The van der Waals surface area contributed by atoms with E-state index in [1.807, 2.05) is 45.3 Å². The molecule has 1 aromatic heterocycles. The zero-order valence-electron chi connectivity index (χ0n) is 18.4. The summed E-state index contributed by atoms with van der Waals surface area (Å²) in [6, 6.07) is 13.8. The van der Waals surface area contributed by atoms with Gasteiger partial charge in [0.2, 0.25) is 0 Å². The van der Waals surface area contributed by atoms with E-state index in [4.69, 9.17) is 9.84 Å². The van der Waals surface area contributed by atoms with E-state index in [0.717, 1.165) is 47.6 Å². The van der Waals surface area contributed by atoms with Gasteiger partial charge >= 0.3 is 0 Å². The first-order valence-electron chi connectivity index (χ1n) is 10.5. The van der Waals surface area contributed by atoms with Crippen LogP contribution in [0.1, 0.15) is 29.2 Å². The van der Waals surface area contributed by atoms with Crippen LogP contribution in [-0.2, 0) is 12.8 Å². The first-order valence-corrected chi connectivity index (χ1v) is 10.5. The molecule has 1 aliphatic rings. The smallest absolute Gasteiger partial charge is 0.271 e. The van der Waals surface area contributed by atoms with Gasteiger partial charge in [0.25, 0.3) is 5.56 Å². The van der Waals surface area contributed by atoms with Crippen LogP contribution in [0.2, 0.25) is 0 Å². The van der Waals surface area contributed by atoms with Crippen LogP contribution in [0.5, 0.6) is 5.75 Å². The highest BCUT2D eigenvalue weighted by molar-refractivity contribution is 5.70. The van der Waals surface area contributed by atoms with Crippen LogP contribution in [0.15, 0.2) is 47.3 Å². The predicted octanol–water partition coefficient (Wildman–Crippen LogP) is 3.94. The maximum atomic E-state index is 12.8. The van der Waals surface area contributed by atoms with Gasteiger partial charge in [0, 0.05) is 18.2 Å². The molecule has 0 aliphatic heterocycles. The summed E-state index contributed by atoms with van der Waals surface area (Å²) in [5, 5.41) is 4.78. The standard InChI is InChI=1S/C25H29N3O2/c1-16-12-19-6-7-20-14-24(29)28(26-25(20)23(19)13-17(16)2)21-8-10-22(11-9-21)30-18(3)15-27(4)5/h8-14,18H,6-7,15H2,1-5H3. The zero-order valence-corrected chi connectivity index (χ0v) is 18.4. The zero-order chi connectivity index (χ0) is 21.4. The van der Waals surface area contributed by atoms with Gasteiger partial charge < -0.3 is 9.64 Å². The molecule has 3 aromatic rings. The molecule has 5 heteroatoms. The summed E-state index contributed by atoms with van der Waals surface area (Å²) in [5.41, 5.74) is 7.58. The van der Waals surface area contributed by atoms with Crippen LogP contribution in [0, 0.1) is 13.8 Å². The topological polar surface area (TPSA) is 47.4 Å². The number of fused-ring (bicyclic) bond motifs is 3. The Bertz CT molecular complexity index is 1130. The second kappa shape index (κ2) is 8.07. The number of benzene rings is 2. The van der Waals surface area contributed by atoms with E-state index in [0.29, 0.717) is 0 Å². The lowest BCUT2D eigenvalue weighted by atomic mass is 9.87. The molecule has 156 valence electrons. The number of likely N-dealkylation sites (N-methyl/N-ethyl adjacent to an activating group) is 1. The van der Waals surface area contributed by atoms with Crippen molar-refractivity contribution in [3.8, 4) is 22.7 Å². The number of rotatable bonds is 5. The predicted molar refractivity (Wildman–Crippen MR) is 121 cm³/mol. The second-order valence-electron chi connectivity index (χ2n) is 8.55. The van der Waals surface area contributed by atoms with E-state index in [1.54, 1.807) is 6.07 Å². The molecule has 2 aromatic carbocycles. The Hall–Kier alpha value is -2.92. The van der Waals surface area contributed by atoms with Crippen molar-refractivity contribution in [2.75, 3.05) is 20.6 Å². The van der Waals surface area contributed by atoms with Crippen molar-refractivity contribution >= 4 is 0 Å². The summed E-state index contributed by atoms with van der Waals surface area (Å²) in [7, 11) is 4.05. The fraction of sp³-hybridized carbons (Fsp3) is 0.360. The summed E-state index contributed by atoms with van der Waals surface area (Å²) >= 11 is 0. The summed E-state index contributed by atoms with van der Waals surface area (Å²) in [5.74, 6) is 0.788. The Morgan fingerprint density at radius 1 is 1.03 bits per heavy atom. The van der Waals surface area contributed by atoms with Crippen molar-refractivity contribution < 1.29 is 4.74 Å². The van der Waals surface area contributed by atoms with E-state index in [-0.39, 0.29) is 11.7 Å². The minimum Gasteiger partial charge on any atom is -0.489 e. The van der Waals surface area contributed by atoms with Crippen LogP contribution >= 0.6 is 0 Å². The lowest BCUT2D eigenvalue weighted by Crippen LogP contribution is -2.28. The number of hydrogen-bond donors (Lipinski definition) is 0. The lowest BCUT2D eigenvalue weighted by molar-refractivity contribution is 0.177. The van der Waals surface area contributed by atoms with Gasteiger partial charge in [-0.15, -0.1) is 0 Å². The maximum Gasteiger partial charge on any atom is 0.271 e. The molecule has 0 bridgehead atoms. The molecule has 0 N–H and O–H groups in total. The summed E-state index contributed by atoms with van der Waals surface area (Å²) < 4.78 is 7.45. The Kier molecular flexibility index (Phi) is 5.48. The van der Waals surface area contributed by atoms with E-state index >= 15 is 0 Å². The third kappa shape index (κ3) is 4.03. The third-order valence-electron chi connectivity index (χ3n) is 5.69. The average molecular weight is 404 g/mol. The molecule has 0 amide bonds. The molecule has 0 fully saturated rings. The normalized spacial score (nSPS) is 13.7. The molecular weight excluding hydrogens is 374 g/mol. The van der Waals surface area contributed by atoms with Crippen LogP contribution in [0.4, 0.5) is 0 Å². The number of aryl methyl sites for hydroxylation is 4. The molecule has 1 atom stereocenters. The molecule has 1 unspecified atom stereocenters. The van der Waals surface area contributed by atoms with Gasteiger partial charge in [-0.2, -0.15) is 9.78 Å². The Morgan fingerprint density at radius 3 is 2.40 bits per heavy atom. The largest absolute Gasteiger partial charge is 0.489 e. The molecule has 1 aliphatic carbocycles. The van der Waals surface area contributed by atoms with Crippen molar-refractivity contribution in [3.63, 3.8) is 0 Å². The SMILES string of the molecule is Cc1cc2c(cc1C)-c1nn(-c3ccc(OC(C)CN(C)C)cc3)c(=O)cc1CC2. The fourth-order valence-corrected chi connectivity index (χ4v) is 4.12. The van der Waals surface area contributed by atoms with Crippen LogP contribution in [-0.4, -0.2) is 41.4 Å². The number of ether oxygens (including phenoxy) is 1. The first kappa shape index (κ1) is 20.4. The average Bonchev–Trinajstić information content (AvgIpc) is 2.68. The summed E-state index contributed by atoms with van der Waals surface area (Å²) in [6.07, 6.45) is 1.88.